The number of aliphatic hydroxyl groups is 1. The second-order valence-corrected chi connectivity index (χ2v) is 5.56. The number of hydrogen-bond donors (Lipinski definition) is 1. The molecule has 20 heavy (non-hydrogen) atoms. The highest BCUT2D eigenvalue weighted by atomic mass is 16.5. The van der Waals surface area contributed by atoms with Crippen molar-refractivity contribution in [1.82, 2.24) is 4.90 Å². The van der Waals surface area contributed by atoms with Gasteiger partial charge in [-0.2, -0.15) is 0 Å². The van der Waals surface area contributed by atoms with Crippen LogP contribution in [0.1, 0.15) is 18.6 Å². The van der Waals surface area contributed by atoms with Crippen molar-refractivity contribution in [2.75, 3.05) is 26.2 Å². The summed E-state index contributed by atoms with van der Waals surface area (Å²) in [6.07, 6.45) is -0.183. The van der Waals surface area contributed by atoms with Crippen LogP contribution in [0.5, 0.6) is 0 Å². The molecule has 1 N–H and O–H groups in total. The molecule has 3 heteroatoms. The van der Waals surface area contributed by atoms with Crippen LogP contribution in [-0.2, 0) is 4.74 Å². The fourth-order valence-electron chi connectivity index (χ4n) is 2.82. The Hall–Kier alpha value is -1.42. The summed E-state index contributed by atoms with van der Waals surface area (Å²) in [5.74, 6) is 0. The Kier molecular flexibility index (Phi) is 4.01. The van der Waals surface area contributed by atoms with Gasteiger partial charge in [0.1, 0.15) is 0 Å². The Labute approximate surface area is 119 Å². The zero-order chi connectivity index (χ0) is 13.9. The Bertz CT molecular complexity index is 584. The number of aliphatic hydroxyl groups excluding tert-OH is 1. The molecule has 0 radical (unpaired) electrons. The van der Waals surface area contributed by atoms with Gasteiger partial charge >= 0.3 is 0 Å². The average molecular weight is 271 g/mol. The number of hydrogen-bond acceptors (Lipinski definition) is 3. The number of nitrogens with zero attached hydrogens (tertiary/aromatic N) is 1. The SMILES string of the molecule is CC1CN(CC(O)c2ccc3ccccc3c2)CCO1. The Morgan fingerprint density at radius 1 is 1.25 bits per heavy atom. The molecule has 2 unspecified atom stereocenters. The van der Waals surface area contributed by atoms with E-state index in [0.717, 1.165) is 25.3 Å². The molecule has 0 aliphatic carbocycles. The summed E-state index contributed by atoms with van der Waals surface area (Å²) in [6.45, 7) is 5.30. The van der Waals surface area contributed by atoms with Crippen LogP contribution >= 0.6 is 0 Å². The molecule has 1 aliphatic heterocycles. The lowest BCUT2D eigenvalue weighted by molar-refractivity contribution is -0.0318. The van der Waals surface area contributed by atoms with Crippen LogP contribution in [0.4, 0.5) is 0 Å². The molecule has 0 bridgehead atoms. The first-order valence-electron chi connectivity index (χ1n) is 7.23. The Balaban J connectivity index is 1.73. The van der Waals surface area contributed by atoms with E-state index in [-0.39, 0.29) is 6.10 Å². The van der Waals surface area contributed by atoms with Crippen molar-refractivity contribution in [2.24, 2.45) is 0 Å². The summed E-state index contributed by atoms with van der Waals surface area (Å²) in [5.41, 5.74) is 0.989. The van der Waals surface area contributed by atoms with Crippen molar-refractivity contribution in [2.45, 2.75) is 19.1 Å². The molecule has 3 rings (SSSR count). The quantitative estimate of drug-likeness (QED) is 0.931. The average Bonchev–Trinajstić information content (AvgIpc) is 2.47. The molecule has 2 aromatic carbocycles. The van der Waals surface area contributed by atoms with Crippen LogP contribution < -0.4 is 0 Å². The lowest BCUT2D eigenvalue weighted by atomic mass is 10.0. The van der Waals surface area contributed by atoms with E-state index in [1.54, 1.807) is 0 Å². The lowest BCUT2D eigenvalue weighted by Gasteiger charge is -2.32. The minimum atomic E-state index is -0.440. The third-order valence-electron chi connectivity index (χ3n) is 3.91. The number of benzene rings is 2. The largest absolute Gasteiger partial charge is 0.387 e. The zero-order valence-electron chi connectivity index (χ0n) is 11.8. The third-order valence-corrected chi connectivity index (χ3v) is 3.91. The molecule has 2 aromatic rings. The molecular weight excluding hydrogens is 250 g/mol. The monoisotopic (exact) mass is 271 g/mol. The van der Waals surface area contributed by atoms with Crippen LogP contribution in [0, 0.1) is 0 Å². The maximum absolute atomic E-state index is 10.4. The second kappa shape index (κ2) is 5.92. The number of rotatable bonds is 3. The van der Waals surface area contributed by atoms with E-state index in [9.17, 15) is 5.11 Å². The predicted molar refractivity (Wildman–Crippen MR) is 80.8 cm³/mol. The maximum atomic E-state index is 10.4. The first kappa shape index (κ1) is 13.6. The van der Waals surface area contributed by atoms with Crippen LogP contribution in [0.3, 0.4) is 0 Å². The van der Waals surface area contributed by atoms with Gasteiger partial charge < -0.3 is 9.84 Å². The van der Waals surface area contributed by atoms with Gasteiger partial charge in [-0.15, -0.1) is 0 Å². The van der Waals surface area contributed by atoms with Crippen molar-refractivity contribution in [3.05, 3.63) is 48.0 Å². The highest BCUT2D eigenvalue weighted by Gasteiger charge is 2.20. The predicted octanol–water partition coefficient (Wildman–Crippen LogP) is 2.59. The van der Waals surface area contributed by atoms with Crippen LogP contribution in [0.2, 0.25) is 0 Å². The molecule has 0 amide bonds. The highest BCUT2D eigenvalue weighted by Crippen LogP contribution is 2.21. The molecule has 1 saturated heterocycles. The van der Waals surface area contributed by atoms with E-state index < -0.39 is 6.10 Å². The van der Waals surface area contributed by atoms with E-state index in [1.165, 1.54) is 10.8 Å². The molecule has 3 nitrogen and oxygen atoms in total. The Morgan fingerprint density at radius 3 is 2.85 bits per heavy atom. The van der Waals surface area contributed by atoms with E-state index in [4.69, 9.17) is 4.74 Å². The molecule has 2 atom stereocenters. The summed E-state index contributed by atoms with van der Waals surface area (Å²) in [5, 5.41) is 12.8. The van der Waals surface area contributed by atoms with Crippen LogP contribution in [0.15, 0.2) is 42.5 Å². The van der Waals surface area contributed by atoms with Gasteiger partial charge in [0.25, 0.3) is 0 Å². The summed E-state index contributed by atoms with van der Waals surface area (Å²) in [4.78, 5) is 2.27. The van der Waals surface area contributed by atoms with Crippen molar-refractivity contribution >= 4 is 10.8 Å². The van der Waals surface area contributed by atoms with Gasteiger partial charge in [-0.3, -0.25) is 4.90 Å². The number of fused-ring (bicyclic) bond motifs is 1. The summed E-state index contributed by atoms with van der Waals surface area (Å²) < 4.78 is 5.53. The maximum Gasteiger partial charge on any atom is 0.0917 e. The molecule has 1 heterocycles. The van der Waals surface area contributed by atoms with Crippen LogP contribution in [-0.4, -0.2) is 42.4 Å². The van der Waals surface area contributed by atoms with Gasteiger partial charge in [0, 0.05) is 19.6 Å². The summed E-state index contributed by atoms with van der Waals surface area (Å²) in [6, 6.07) is 14.4. The molecule has 0 saturated carbocycles. The minimum Gasteiger partial charge on any atom is -0.387 e. The van der Waals surface area contributed by atoms with Gasteiger partial charge in [-0.05, 0) is 29.3 Å². The van der Waals surface area contributed by atoms with Gasteiger partial charge in [0.2, 0.25) is 0 Å². The molecule has 1 aliphatic rings. The minimum absolute atomic E-state index is 0.257. The van der Waals surface area contributed by atoms with E-state index >= 15 is 0 Å². The summed E-state index contributed by atoms with van der Waals surface area (Å²) >= 11 is 0. The number of morpholine rings is 1. The molecule has 0 spiro atoms. The Morgan fingerprint density at radius 2 is 2.05 bits per heavy atom. The highest BCUT2D eigenvalue weighted by molar-refractivity contribution is 5.83. The van der Waals surface area contributed by atoms with E-state index in [0.29, 0.717) is 6.54 Å². The topological polar surface area (TPSA) is 32.7 Å². The fraction of sp³-hybridized carbons (Fsp3) is 0.412. The normalized spacial score (nSPS) is 22.0. The van der Waals surface area contributed by atoms with Gasteiger partial charge in [0.15, 0.2) is 0 Å². The molecule has 1 fully saturated rings. The zero-order valence-corrected chi connectivity index (χ0v) is 11.8. The standard InChI is InChI=1S/C17H21NO2/c1-13-11-18(8-9-20-13)12-17(19)16-7-6-14-4-2-3-5-15(14)10-16/h2-7,10,13,17,19H,8-9,11-12H2,1H3. The number of ether oxygens (including phenoxy) is 1. The van der Waals surface area contributed by atoms with Crippen molar-refractivity contribution in [1.29, 1.82) is 0 Å². The van der Waals surface area contributed by atoms with Crippen molar-refractivity contribution in [3.63, 3.8) is 0 Å². The summed E-state index contributed by atoms with van der Waals surface area (Å²) in [7, 11) is 0. The van der Waals surface area contributed by atoms with E-state index in [1.807, 2.05) is 18.2 Å². The van der Waals surface area contributed by atoms with Crippen molar-refractivity contribution in [3.8, 4) is 0 Å². The molecular formula is C17H21NO2. The molecule has 0 aromatic heterocycles. The van der Waals surface area contributed by atoms with Gasteiger partial charge in [0.05, 0.1) is 18.8 Å². The van der Waals surface area contributed by atoms with Crippen LogP contribution in [0.25, 0.3) is 10.8 Å². The third kappa shape index (κ3) is 3.01. The number of β-amino-alcohol motifs (C(OH)–C–C–N with tert-alkyl or cyclic N) is 1. The second-order valence-electron chi connectivity index (χ2n) is 5.56. The smallest absolute Gasteiger partial charge is 0.0917 e. The van der Waals surface area contributed by atoms with Crippen molar-refractivity contribution < 1.29 is 9.84 Å². The van der Waals surface area contributed by atoms with E-state index in [2.05, 4.69) is 36.1 Å². The first-order chi connectivity index (χ1) is 9.72. The first-order valence-corrected chi connectivity index (χ1v) is 7.23. The lowest BCUT2D eigenvalue weighted by Crippen LogP contribution is -2.42. The van der Waals surface area contributed by atoms with Gasteiger partial charge in [-0.25, -0.2) is 0 Å². The molecule has 106 valence electrons. The fourth-order valence-corrected chi connectivity index (χ4v) is 2.82. The van der Waals surface area contributed by atoms with Gasteiger partial charge in [-0.1, -0.05) is 36.4 Å².